The molecule has 0 amide bonds. The van der Waals surface area contributed by atoms with E-state index in [9.17, 15) is 14.9 Å². The van der Waals surface area contributed by atoms with E-state index in [1.165, 1.54) is 12.1 Å². The van der Waals surface area contributed by atoms with Crippen LogP contribution in [-0.2, 0) is 4.79 Å². The van der Waals surface area contributed by atoms with E-state index in [-0.39, 0.29) is 23.7 Å². The molecule has 1 fully saturated rings. The Balaban J connectivity index is 2.07. The zero-order valence-corrected chi connectivity index (χ0v) is 12.2. The zero-order chi connectivity index (χ0) is 15.6. The number of hydrogen-bond acceptors (Lipinski definition) is 4. The van der Waals surface area contributed by atoms with Crippen LogP contribution in [0.5, 0.6) is 0 Å². The summed E-state index contributed by atoms with van der Waals surface area (Å²) in [7, 11) is 0. The third-order valence-corrected chi connectivity index (χ3v) is 4.36. The third kappa shape index (κ3) is 3.39. The molecular formula is C15H20N2O4. The molecule has 3 unspecified atom stereocenters. The van der Waals surface area contributed by atoms with E-state index in [1.807, 2.05) is 6.92 Å². The van der Waals surface area contributed by atoms with Gasteiger partial charge in [0, 0.05) is 24.2 Å². The Bertz CT molecular complexity index is 529. The highest BCUT2D eigenvalue weighted by Gasteiger charge is 2.32. The lowest BCUT2D eigenvalue weighted by atomic mass is 9.89. The monoisotopic (exact) mass is 292 g/mol. The molecule has 1 N–H and O–H groups in total. The molecule has 0 spiro atoms. The number of nitro groups is 1. The van der Waals surface area contributed by atoms with Crippen molar-refractivity contribution in [3.63, 3.8) is 0 Å². The summed E-state index contributed by atoms with van der Waals surface area (Å²) < 4.78 is 0. The Labute approximate surface area is 123 Å². The molecule has 1 aliphatic heterocycles. The molecule has 1 heterocycles. The van der Waals surface area contributed by atoms with Gasteiger partial charge in [0.15, 0.2) is 0 Å². The summed E-state index contributed by atoms with van der Waals surface area (Å²) >= 11 is 0. The lowest BCUT2D eigenvalue weighted by Crippen LogP contribution is -2.43. The van der Waals surface area contributed by atoms with Gasteiger partial charge in [0.25, 0.3) is 5.69 Å². The summed E-state index contributed by atoms with van der Waals surface area (Å²) in [5.41, 5.74) is 1.10. The van der Waals surface area contributed by atoms with Crippen molar-refractivity contribution in [3.8, 4) is 0 Å². The Morgan fingerprint density at radius 2 is 2.05 bits per heavy atom. The first-order valence-electron chi connectivity index (χ1n) is 7.13. The maximum absolute atomic E-state index is 11.1. The van der Waals surface area contributed by atoms with Crippen molar-refractivity contribution >= 4 is 11.7 Å². The number of likely N-dealkylation sites (tertiary alicyclic amines) is 1. The van der Waals surface area contributed by atoms with Crippen LogP contribution in [0.1, 0.15) is 38.3 Å². The highest BCUT2D eigenvalue weighted by Crippen LogP contribution is 2.31. The van der Waals surface area contributed by atoms with E-state index in [0.29, 0.717) is 12.8 Å². The number of hydrogen-bond donors (Lipinski definition) is 1. The summed E-state index contributed by atoms with van der Waals surface area (Å²) in [6.45, 7) is 4.83. The molecule has 1 saturated heterocycles. The lowest BCUT2D eigenvalue weighted by Gasteiger charge is -2.40. The fourth-order valence-corrected chi connectivity index (χ4v) is 3.06. The van der Waals surface area contributed by atoms with Gasteiger partial charge < -0.3 is 5.11 Å². The van der Waals surface area contributed by atoms with Crippen molar-refractivity contribution < 1.29 is 14.8 Å². The van der Waals surface area contributed by atoms with E-state index in [4.69, 9.17) is 5.11 Å². The van der Waals surface area contributed by atoms with E-state index < -0.39 is 10.9 Å². The van der Waals surface area contributed by atoms with Crippen LogP contribution in [0.2, 0.25) is 0 Å². The number of carboxylic acid groups (broad SMARTS) is 1. The van der Waals surface area contributed by atoms with Gasteiger partial charge in [-0.1, -0.05) is 12.1 Å². The molecule has 0 saturated carbocycles. The molecule has 2 rings (SSSR count). The zero-order valence-electron chi connectivity index (χ0n) is 12.2. The normalized spacial score (nSPS) is 24.5. The molecule has 6 nitrogen and oxygen atoms in total. The second kappa shape index (κ2) is 6.22. The number of carbonyl (C=O) groups is 1. The van der Waals surface area contributed by atoms with Crippen molar-refractivity contribution in [2.24, 2.45) is 5.92 Å². The molecule has 0 radical (unpaired) electrons. The number of rotatable bonds is 4. The number of nitrogens with zero attached hydrogens (tertiary/aromatic N) is 2. The predicted octanol–water partition coefficient (Wildman–Crippen LogP) is 2.84. The van der Waals surface area contributed by atoms with E-state index >= 15 is 0 Å². The van der Waals surface area contributed by atoms with Gasteiger partial charge in [-0.15, -0.1) is 0 Å². The summed E-state index contributed by atoms with van der Waals surface area (Å²) in [6, 6.07) is 6.89. The minimum Gasteiger partial charge on any atom is -0.481 e. The first-order valence-corrected chi connectivity index (χ1v) is 7.13. The Kier molecular flexibility index (Phi) is 4.57. The molecule has 1 aromatic rings. The van der Waals surface area contributed by atoms with E-state index in [1.54, 1.807) is 12.1 Å². The van der Waals surface area contributed by atoms with Crippen molar-refractivity contribution in [1.29, 1.82) is 0 Å². The smallest absolute Gasteiger partial charge is 0.306 e. The van der Waals surface area contributed by atoms with Gasteiger partial charge in [0.2, 0.25) is 0 Å². The van der Waals surface area contributed by atoms with E-state index in [2.05, 4.69) is 11.8 Å². The van der Waals surface area contributed by atoms with Crippen LogP contribution in [-0.4, -0.2) is 33.5 Å². The maximum atomic E-state index is 11.1. The van der Waals surface area contributed by atoms with Gasteiger partial charge in [-0.3, -0.25) is 19.8 Å². The first kappa shape index (κ1) is 15.4. The van der Waals surface area contributed by atoms with Gasteiger partial charge >= 0.3 is 5.97 Å². The number of aliphatic carboxylic acids is 1. The number of non-ortho nitro benzene ring substituents is 1. The fraction of sp³-hybridized carbons (Fsp3) is 0.533. The maximum Gasteiger partial charge on any atom is 0.306 e. The Morgan fingerprint density at radius 1 is 1.43 bits per heavy atom. The van der Waals surface area contributed by atoms with Crippen LogP contribution in [0.25, 0.3) is 0 Å². The minimum atomic E-state index is -0.718. The van der Waals surface area contributed by atoms with Gasteiger partial charge in [-0.25, -0.2) is 0 Å². The van der Waals surface area contributed by atoms with Crippen molar-refractivity contribution in [3.05, 3.63) is 39.9 Å². The fourth-order valence-electron chi connectivity index (χ4n) is 3.06. The van der Waals surface area contributed by atoms with Crippen LogP contribution in [0, 0.1) is 16.0 Å². The van der Waals surface area contributed by atoms with Crippen LogP contribution in [0.4, 0.5) is 5.69 Å². The molecule has 3 atom stereocenters. The van der Waals surface area contributed by atoms with E-state index in [0.717, 1.165) is 12.1 Å². The minimum absolute atomic E-state index is 0.0867. The second-order valence-corrected chi connectivity index (χ2v) is 5.67. The molecule has 21 heavy (non-hydrogen) atoms. The average molecular weight is 292 g/mol. The summed E-state index contributed by atoms with van der Waals surface area (Å²) in [5.74, 6) is -0.982. The summed E-state index contributed by atoms with van der Waals surface area (Å²) in [6.07, 6.45) is 1.30. The number of piperidine rings is 1. The quantitative estimate of drug-likeness (QED) is 0.681. The van der Waals surface area contributed by atoms with Crippen molar-refractivity contribution in [2.75, 3.05) is 6.54 Å². The third-order valence-electron chi connectivity index (χ3n) is 4.36. The van der Waals surface area contributed by atoms with Crippen molar-refractivity contribution in [1.82, 2.24) is 4.90 Å². The second-order valence-electron chi connectivity index (χ2n) is 5.67. The molecule has 0 aromatic heterocycles. The Morgan fingerprint density at radius 3 is 2.52 bits per heavy atom. The Hall–Kier alpha value is -1.95. The molecule has 0 bridgehead atoms. The molecule has 1 aromatic carbocycles. The first-order chi connectivity index (χ1) is 9.90. The topological polar surface area (TPSA) is 83.7 Å². The molecule has 0 aliphatic carbocycles. The summed E-state index contributed by atoms with van der Waals surface area (Å²) in [4.78, 5) is 23.6. The lowest BCUT2D eigenvalue weighted by molar-refractivity contribution is -0.384. The van der Waals surface area contributed by atoms with Crippen LogP contribution < -0.4 is 0 Å². The molecule has 6 heteroatoms. The molecule has 114 valence electrons. The predicted molar refractivity (Wildman–Crippen MR) is 78.0 cm³/mol. The van der Waals surface area contributed by atoms with Crippen molar-refractivity contribution in [2.45, 2.75) is 38.8 Å². The van der Waals surface area contributed by atoms with Gasteiger partial charge in [0.05, 0.1) is 10.8 Å². The highest BCUT2D eigenvalue weighted by atomic mass is 16.6. The molecule has 1 aliphatic rings. The van der Waals surface area contributed by atoms with Crippen LogP contribution in [0.3, 0.4) is 0 Å². The molecular weight excluding hydrogens is 272 g/mol. The van der Waals surface area contributed by atoms with Gasteiger partial charge in [-0.05, 0) is 38.8 Å². The SMILES string of the molecule is CC1CC(C(=O)O)CCN1C(C)c1ccc([N+](=O)[O-])cc1. The highest BCUT2D eigenvalue weighted by molar-refractivity contribution is 5.70. The standard InChI is InChI=1S/C15H20N2O4/c1-10-9-13(15(18)19)7-8-16(10)11(2)12-3-5-14(6-4-12)17(20)21/h3-6,10-11,13H,7-9H2,1-2H3,(H,18,19). The summed E-state index contributed by atoms with van der Waals surface area (Å²) in [5, 5.41) is 19.8. The van der Waals surface area contributed by atoms with Gasteiger partial charge in [0.1, 0.15) is 0 Å². The average Bonchev–Trinajstić information content (AvgIpc) is 2.46. The number of nitro benzene ring substituents is 1. The largest absolute Gasteiger partial charge is 0.481 e. The van der Waals surface area contributed by atoms with Gasteiger partial charge in [-0.2, -0.15) is 0 Å². The number of carboxylic acids is 1. The van der Waals surface area contributed by atoms with Crippen LogP contribution in [0.15, 0.2) is 24.3 Å². The van der Waals surface area contributed by atoms with Crippen LogP contribution >= 0.6 is 0 Å². The number of benzene rings is 1.